The zero-order valence-corrected chi connectivity index (χ0v) is 21.8. The van der Waals surface area contributed by atoms with Gasteiger partial charge in [0.15, 0.2) is 22.5 Å². The van der Waals surface area contributed by atoms with Gasteiger partial charge in [0.2, 0.25) is 0 Å². The highest BCUT2D eigenvalue weighted by Crippen LogP contribution is 2.51. The molecule has 0 unspecified atom stereocenters. The second-order valence-corrected chi connectivity index (χ2v) is 10.4. The van der Waals surface area contributed by atoms with Crippen molar-refractivity contribution in [1.82, 2.24) is 0 Å². The van der Waals surface area contributed by atoms with Crippen LogP contribution in [0.1, 0.15) is 30.3 Å². The van der Waals surface area contributed by atoms with Crippen LogP contribution in [0.5, 0.6) is 23.0 Å². The van der Waals surface area contributed by atoms with Gasteiger partial charge in [-0.05, 0) is 25.1 Å². The lowest BCUT2D eigenvalue weighted by atomic mass is 9.85. The summed E-state index contributed by atoms with van der Waals surface area (Å²) in [6.07, 6.45) is -17.3. The highest BCUT2D eigenvalue weighted by Gasteiger charge is 2.49. The molecule has 1 aromatic heterocycles. The monoisotopic (exact) mass is 594 g/mol. The lowest BCUT2D eigenvalue weighted by molar-refractivity contribution is -0.232. The van der Waals surface area contributed by atoms with Gasteiger partial charge in [-0.1, -0.05) is 0 Å². The van der Waals surface area contributed by atoms with Crippen LogP contribution in [0.4, 0.5) is 0 Å². The summed E-state index contributed by atoms with van der Waals surface area (Å²) in [5.41, 5.74) is -2.65. The lowest BCUT2D eigenvalue weighted by Crippen LogP contribution is -2.55. The van der Waals surface area contributed by atoms with Crippen molar-refractivity contribution in [3.63, 3.8) is 0 Å². The van der Waals surface area contributed by atoms with Gasteiger partial charge in [-0.2, -0.15) is 0 Å². The zero-order chi connectivity index (χ0) is 30.8. The molecule has 42 heavy (non-hydrogen) atoms. The molecule has 11 N–H and O–H groups in total. The zero-order valence-electron chi connectivity index (χ0n) is 21.8. The van der Waals surface area contributed by atoms with Gasteiger partial charge in [0.1, 0.15) is 77.6 Å². The predicted octanol–water partition coefficient (Wildman–Crippen LogP) is -1.66. The molecular formula is C27H30O15. The van der Waals surface area contributed by atoms with E-state index in [4.69, 9.17) is 13.9 Å². The highest BCUT2D eigenvalue weighted by molar-refractivity contribution is 5.92. The summed E-state index contributed by atoms with van der Waals surface area (Å²) in [6.45, 7) is 0.506. The molecule has 2 saturated heterocycles. The maximum Gasteiger partial charge on any atom is 0.197 e. The van der Waals surface area contributed by atoms with E-state index in [-0.39, 0.29) is 11.3 Å². The van der Waals surface area contributed by atoms with Crippen LogP contribution in [0.25, 0.3) is 22.3 Å². The summed E-state index contributed by atoms with van der Waals surface area (Å²) in [4.78, 5) is 13.5. The Kier molecular flexibility index (Phi) is 7.82. The number of aliphatic hydroxyl groups excluding tert-OH is 7. The fourth-order valence-electron chi connectivity index (χ4n) is 5.39. The molecule has 2 aliphatic heterocycles. The fraction of sp³-hybridized carbons (Fsp3) is 0.444. The first-order valence-electron chi connectivity index (χ1n) is 12.9. The van der Waals surface area contributed by atoms with Crippen LogP contribution >= 0.6 is 0 Å². The number of aromatic hydroxyl groups is 4. The third-order valence-electron chi connectivity index (χ3n) is 7.77. The molecule has 3 aromatic rings. The smallest absolute Gasteiger partial charge is 0.197 e. The van der Waals surface area contributed by atoms with Crippen LogP contribution in [0, 0.1) is 0 Å². The van der Waals surface area contributed by atoms with Gasteiger partial charge in [-0.25, -0.2) is 0 Å². The summed E-state index contributed by atoms with van der Waals surface area (Å²) in [5.74, 6) is -3.22. The largest absolute Gasteiger partial charge is 0.507 e. The maximum absolute atomic E-state index is 13.5. The first kappa shape index (κ1) is 30.0. The van der Waals surface area contributed by atoms with Crippen molar-refractivity contribution in [3.8, 4) is 34.3 Å². The summed E-state index contributed by atoms with van der Waals surface area (Å²) >= 11 is 0. The first-order chi connectivity index (χ1) is 19.8. The van der Waals surface area contributed by atoms with Crippen molar-refractivity contribution < 1.29 is 70.1 Å². The van der Waals surface area contributed by atoms with Crippen LogP contribution in [0.3, 0.4) is 0 Å². The molecule has 0 radical (unpaired) electrons. The minimum Gasteiger partial charge on any atom is -0.507 e. The average Bonchev–Trinajstić information content (AvgIpc) is 2.95. The Balaban J connectivity index is 1.82. The Morgan fingerprint density at radius 1 is 0.714 bits per heavy atom. The molecule has 0 aliphatic carbocycles. The van der Waals surface area contributed by atoms with E-state index in [1.165, 1.54) is 13.0 Å². The van der Waals surface area contributed by atoms with E-state index >= 15 is 0 Å². The number of benzene rings is 2. The molecule has 5 rings (SSSR count). The second-order valence-electron chi connectivity index (χ2n) is 10.4. The summed E-state index contributed by atoms with van der Waals surface area (Å²) in [5, 5.41) is 114. The molecular weight excluding hydrogens is 564 g/mol. The molecule has 15 heteroatoms. The molecule has 0 bridgehead atoms. The van der Waals surface area contributed by atoms with Gasteiger partial charge in [-0.3, -0.25) is 4.79 Å². The number of fused-ring (bicyclic) bond motifs is 1. The minimum atomic E-state index is -2.01. The van der Waals surface area contributed by atoms with Gasteiger partial charge in [0.25, 0.3) is 0 Å². The van der Waals surface area contributed by atoms with Crippen LogP contribution in [0.15, 0.2) is 33.5 Å². The molecule has 15 nitrogen and oxygen atoms in total. The quantitative estimate of drug-likeness (QED) is 0.151. The van der Waals surface area contributed by atoms with Crippen molar-refractivity contribution in [2.24, 2.45) is 0 Å². The molecule has 2 aromatic carbocycles. The van der Waals surface area contributed by atoms with Gasteiger partial charge in [-0.15, -0.1) is 0 Å². The Bertz CT molecular complexity index is 1550. The molecule has 0 spiro atoms. The molecule has 10 atom stereocenters. The van der Waals surface area contributed by atoms with Crippen LogP contribution in [0.2, 0.25) is 0 Å². The highest BCUT2D eigenvalue weighted by atomic mass is 16.5. The van der Waals surface area contributed by atoms with E-state index in [0.717, 1.165) is 18.2 Å². The van der Waals surface area contributed by atoms with Crippen molar-refractivity contribution in [3.05, 3.63) is 45.6 Å². The minimum absolute atomic E-state index is 0.0705. The Morgan fingerprint density at radius 3 is 1.95 bits per heavy atom. The van der Waals surface area contributed by atoms with Crippen molar-refractivity contribution in [2.45, 2.75) is 68.0 Å². The van der Waals surface area contributed by atoms with Crippen LogP contribution in [-0.4, -0.2) is 112 Å². The number of phenols is 4. The van der Waals surface area contributed by atoms with E-state index in [0.29, 0.717) is 0 Å². The van der Waals surface area contributed by atoms with E-state index in [1.54, 1.807) is 0 Å². The molecule has 0 saturated carbocycles. The van der Waals surface area contributed by atoms with Crippen LogP contribution in [-0.2, 0) is 9.47 Å². The number of hydrogen-bond acceptors (Lipinski definition) is 15. The van der Waals surface area contributed by atoms with E-state index in [1.807, 2.05) is 0 Å². The number of aliphatic hydroxyl groups is 7. The number of phenolic OH excluding ortho intramolecular Hbond substituents is 4. The molecule has 0 amide bonds. The van der Waals surface area contributed by atoms with E-state index in [2.05, 4.69) is 0 Å². The number of hydrogen-bond donors (Lipinski definition) is 11. The first-order valence-corrected chi connectivity index (χ1v) is 12.9. The second kappa shape index (κ2) is 11.0. The van der Waals surface area contributed by atoms with E-state index in [9.17, 15) is 61.0 Å². The van der Waals surface area contributed by atoms with Gasteiger partial charge in [0.05, 0.1) is 23.8 Å². The molecule has 2 aliphatic rings. The molecule has 2 fully saturated rings. The SMILES string of the molecule is C[C@@H]1O[C@@H](c2c(O)c([C@@H]3O[C@@H](CO)[C@@H](O)[C@H](O)[C@H]3O)c(O)c3c(=O)cc(-c4ccc(O)c(O)c4)oc23)[C@@H](O)[C@H](O)[C@H]1O. The van der Waals surface area contributed by atoms with Gasteiger partial charge < -0.3 is 70.1 Å². The summed E-state index contributed by atoms with van der Waals surface area (Å²) < 4.78 is 17.1. The van der Waals surface area contributed by atoms with Gasteiger partial charge >= 0.3 is 0 Å². The Labute approximate surface area is 235 Å². The van der Waals surface area contributed by atoms with Crippen LogP contribution < -0.4 is 5.43 Å². The van der Waals surface area contributed by atoms with E-state index < -0.39 is 118 Å². The fourth-order valence-corrected chi connectivity index (χ4v) is 5.39. The summed E-state index contributed by atoms with van der Waals surface area (Å²) in [6, 6.07) is 4.37. The third-order valence-corrected chi connectivity index (χ3v) is 7.77. The van der Waals surface area contributed by atoms with Crippen molar-refractivity contribution in [2.75, 3.05) is 6.61 Å². The molecule has 228 valence electrons. The standard InChI is InChI=1S/C27H30O15/c1-7-17(32)21(36)23(38)27(40-7)16-20(35)15(26-24(39)22(37)18(33)13(6-28)42-26)19(34)14-11(31)5-12(41-25(14)16)8-2-3-9(29)10(30)4-8/h2-5,7,13,17-18,21-24,26-30,32-39H,6H2,1H3/t7-,13-,17-,18+,21+,22-,23-,24+,26-,27-/m0/s1. The van der Waals surface area contributed by atoms with Crippen molar-refractivity contribution in [1.29, 1.82) is 0 Å². The Hall–Kier alpha value is -3.51. The predicted molar refractivity (Wildman–Crippen MR) is 139 cm³/mol. The average molecular weight is 595 g/mol. The topological polar surface area (TPSA) is 271 Å². The molecule has 3 heterocycles. The third kappa shape index (κ3) is 4.64. The Morgan fingerprint density at radius 2 is 1.33 bits per heavy atom. The maximum atomic E-state index is 13.5. The van der Waals surface area contributed by atoms with Gasteiger partial charge in [0, 0.05) is 11.6 Å². The van der Waals surface area contributed by atoms with Crippen molar-refractivity contribution >= 4 is 11.0 Å². The number of ether oxygens (including phenoxy) is 2. The number of rotatable bonds is 4. The summed E-state index contributed by atoms with van der Waals surface area (Å²) in [7, 11) is 0. The lowest BCUT2D eigenvalue weighted by Gasteiger charge is -2.42. The normalized spacial score (nSPS) is 33.6.